The molecule has 1 aromatic carbocycles. The topological polar surface area (TPSA) is 57.8 Å². The van der Waals surface area contributed by atoms with Crippen molar-refractivity contribution in [2.24, 2.45) is 0 Å². The van der Waals surface area contributed by atoms with Crippen molar-refractivity contribution in [1.82, 2.24) is 15.3 Å². The Morgan fingerprint density at radius 3 is 2.71 bits per heavy atom. The Kier molecular flexibility index (Phi) is 4.94. The van der Waals surface area contributed by atoms with Crippen LogP contribution in [-0.4, -0.2) is 21.9 Å². The van der Waals surface area contributed by atoms with E-state index in [0.29, 0.717) is 6.42 Å². The zero-order chi connectivity index (χ0) is 16.9. The normalized spacial score (nSPS) is 11.1. The standard InChI is InChI=1S/C20H23N3O/c1-14(2)22-19(24)12-7-9-16-15-8-3-4-10-17(15)23-20(16)18-11-5-6-13-21-18/h3-6,8,10-11,13-14,23H,7,9,12H2,1-2H3,(H,22,24). The first-order valence-electron chi connectivity index (χ1n) is 8.45. The van der Waals surface area contributed by atoms with Crippen molar-refractivity contribution in [3.8, 4) is 11.4 Å². The summed E-state index contributed by atoms with van der Waals surface area (Å²) in [4.78, 5) is 19.8. The molecular formula is C20H23N3O. The number of aromatic amines is 1. The number of aromatic nitrogens is 2. The van der Waals surface area contributed by atoms with Gasteiger partial charge in [0.05, 0.1) is 11.4 Å². The number of carbonyl (C=O) groups excluding carboxylic acids is 1. The lowest BCUT2D eigenvalue weighted by molar-refractivity contribution is -0.121. The molecule has 0 fully saturated rings. The van der Waals surface area contributed by atoms with Gasteiger partial charge in [0.15, 0.2) is 0 Å². The summed E-state index contributed by atoms with van der Waals surface area (Å²) in [6.45, 7) is 3.97. The van der Waals surface area contributed by atoms with Crippen LogP contribution in [0, 0.1) is 0 Å². The average Bonchev–Trinajstić information content (AvgIpc) is 2.94. The van der Waals surface area contributed by atoms with Crippen LogP contribution >= 0.6 is 0 Å². The van der Waals surface area contributed by atoms with Crippen LogP contribution in [0.1, 0.15) is 32.3 Å². The minimum atomic E-state index is 0.115. The van der Waals surface area contributed by atoms with E-state index in [4.69, 9.17) is 0 Å². The highest BCUT2D eigenvalue weighted by atomic mass is 16.1. The van der Waals surface area contributed by atoms with Gasteiger partial charge in [0.25, 0.3) is 0 Å². The highest BCUT2D eigenvalue weighted by Crippen LogP contribution is 2.30. The van der Waals surface area contributed by atoms with Gasteiger partial charge in [0, 0.05) is 29.6 Å². The van der Waals surface area contributed by atoms with Crippen molar-refractivity contribution >= 4 is 16.8 Å². The first-order valence-corrected chi connectivity index (χ1v) is 8.45. The second-order valence-electron chi connectivity index (χ2n) is 6.31. The number of carbonyl (C=O) groups is 1. The summed E-state index contributed by atoms with van der Waals surface area (Å²) < 4.78 is 0. The van der Waals surface area contributed by atoms with Crippen LogP contribution in [0.15, 0.2) is 48.7 Å². The molecular weight excluding hydrogens is 298 g/mol. The van der Waals surface area contributed by atoms with E-state index in [1.807, 2.05) is 44.2 Å². The van der Waals surface area contributed by atoms with Crippen LogP contribution in [0.2, 0.25) is 0 Å². The summed E-state index contributed by atoms with van der Waals surface area (Å²) in [5.74, 6) is 0.115. The number of fused-ring (bicyclic) bond motifs is 1. The van der Waals surface area contributed by atoms with E-state index < -0.39 is 0 Å². The van der Waals surface area contributed by atoms with Gasteiger partial charge in [-0.25, -0.2) is 0 Å². The quantitative estimate of drug-likeness (QED) is 0.719. The van der Waals surface area contributed by atoms with Gasteiger partial charge in [-0.1, -0.05) is 24.3 Å². The number of benzene rings is 1. The average molecular weight is 321 g/mol. The summed E-state index contributed by atoms with van der Waals surface area (Å²) in [6, 6.07) is 14.4. The monoisotopic (exact) mass is 321 g/mol. The van der Waals surface area contributed by atoms with Gasteiger partial charge >= 0.3 is 0 Å². The third-order valence-electron chi connectivity index (χ3n) is 4.01. The molecule has 4 nitrogen and oxygen atoms in total. The summed E-state index contributed by atoms with van der Waals surface area (Å²) in [5.41, 5.74) is 4.35. The highest BCUT2D eigenvalue weighted by molar-refractivity contribution is 5.90. The Balaban J connectivity index is 1.84. The Morgan fingerprint density at radius 2 is 1.96 bits per heavy atom. The van der Waals surface area contributed by atoms with Gasteiger partial charge in [-0.2, -0.15) is 0 Å². The third kappa shape index (κ3) is 3.65. The van der Waals surface area contributed by atoms with Crippen molar-refractivity contribution in [3.63, 3.8) is 0 Å². The smallest absolute Gasteiger partial charge is 0.220 e. The molecule has 0 unspecified atom stereocenters. The van der Waals surface area contributed by atoms with Gasteiger partial charge in [-0.3, -0.25) is 9.78 Å². The van der Waals surface area contributed by atoms with Crippen molar-refractivity contribution < 1.29 is 4.79 Å². The summed E-state index contributed by atoms with van der Waals surface area (Å²) in [5, 5.41) is 4.16. The van der Waals surface area contributed by atoms with Crippen molar-refractivity contribution in [2.45, 2.75) is 39.2 Å². The number of H-pyrrole nitrogens is 1. The molecule has 0 saturated carbocycles. The number of pyridine rings is 1. The molecule has 24 heavy (non-hydrogen) atoms. The Labute approximate surface area is 142 Å². The molecule has 3 rings (SSSR count). The van der Waals surface area contributed by atoms with E-state index in [2.05, 4.69) is 27.4 Å². The van der Waals surface area contributed by atoms with Crippen molar-refractivity contribution in [3.05, 3.63) is 54.2 Å². The number of nitrogens with zero attached hydrogens (tertiary/aromatic N) is 1. The van der Waals surface area contributed by atoms with Crippen LogP contribution in [0.3, 0.4) is 0 Å². The number of hydrogen-bond donors (Lipinski definition) is 2. The van der Waals surface area contributed by atoms with Gasteiger partial charge in [-0.05, 0) is 50.5 Å². The molecule has 3 aromatic rings. The largest absolute Gasteiger partial charge is 0.354 e. The Bertz CT molecular complexity index is 821. The number of hydrogen-bond acceptors (Lipinski definition) is 2. The predicted molar refractivity (Wildman–Crippen MR) is 97.7 cm³/mol. The molecule has 0 radical (unpaired) electrons. The van der Waals surface area contributed by atoms with Gasteiger partial charge < -0.3 is 10.3 Å². The van der Waals surface area contributed by atoms with Crippen LogP contribution in [0.4, 0.5) is 0 Å². The summed E-state index contributed by atoms with van der Waals surface area (Å²) in [7, 11) is 0. The van der Waals surface area contributed by atoms with E-state index >= 15 is 0 Å². The van der Waals surface area contributed by atoms with Crippen LogP contribution in [0.25, 0.3) is 22.3 Å². The number of nitrogens with one attached hydrogen (secondary N) is 2. The first-order chi connectivity index (χ1) is 11.6. The number of aryl methyl sites for hydroxylation is 1. The fraction of sp³-hybridized carbons (Fsp3) is 0.300. The minimum absolute atomic E-state index is 0.115. The second-order valence-corrected chi connectivity index (χ2v) is 6.31. The maximum absolute atomic E-state index is 11.9. The van der Waals surface area contributed by atoms with Gasteiger partial charge in [0.1, 0.15) is 0 Å². The maximum Gasteiger partial charge on any atom is 0.220 e. The molecule has 1 amide bonds. The van der Waals surface area contributed by atoms with Crippen LogP contribution in [-0.2, 0) is 11.2 Å². The van der Waals surface area contributed by atoms with E-state index in [1.165, 1.54) is 10.9 Å². The molecule has 0 atom stereocenters. The number of para-hydroxylation sites is 1. The van der Waals surface area contributed by atoms with Crippen molar-refractivity contribution in [1.29, 1.82) is 0 Å². The number of amides is 1. The summed E-state index contributed by atoms with van der Waals surface area (Å²) >= 11 is 0. The lowest BCUT2D eigenvalue weighted by Gasteiger charge is -2.08. The van der Waals surface area contributed by atoms with Crippen LogP contribution in [0.5, 0.6) is 0 Å². The number of rotatable bonds is 6. The molecule has 4 heteroatoms. The zero-order valence-electron chi connectivity index (χ0n) is 14.2. The molecule has 2 N–H and O–H groups in total. The first kappa shape index (κ1) is 16.2. The van der Waals surface area contributed by atoms with Gasteiger partial charge in [0.2, 0.25) is 5.91 Å². The third-order valence-corrected chi connectivity index (χ3v) is 4.01. The van der Waals surface area contributed by atoms with Crippen molar-refractivity contribution in [2.75, 3.05) is 0 Å². The highest BCUT2D eigenvalue weighted by Gasteiger charge is 2.14. The molecule has 0 aliphatic heterocycles. The minimum Gasteiger partial charge on any atom is -0.354 e. The second kappa shape index (κ2) is 7.30. The molecule has 0 saturated heterocycles. The van der Waals surface area contributed by atoms with E-state index in [9.17, 15) is 4.79 Å². The molecule has 2 heterocycles. The van der Waals surface area contributed by atoms with Gasteiger partial charge in [-0.15, -0.1) is 0 Å². The molecule has 0 bridgehead atoms. The molecule has 124 valence electrons. The van der Waals surface area contributed by atoms with E-state index in [0.717, 1.165) is 29.7 Å². The zero-order valence-corrected chi connectivity index (χ0v) is 14.2. The van der Waals surface area contributed by atoms with E-state index in [-0.39, 0.29) is 11.9 Å². The van der Waals surface area contributed by atoms with E-state index in [1.54, 1.807) is 6.20 Å². The SMILES string of the molecule is CC(C)NC(=O)CCCc1c(-c2ccccn2)[nH]c2ccccc12. The van der Waals surface area contributed by atoms with Crippen LogP contribution < -0.4 is 5.32 Å². The summed E-state index contributed by atoms with van der Waals surface area (Å²) in [6.07, 6.45) is 4.02. The maximum atomic E-state index is 11.9. The Hall–Kier alpha value is -2.62. The Morgan fingerprint density at radius 1 is 1.17 bits per heavy atom. The molecule has 0 aliphatic carbocycles. The fourth-order valence-electron chi connectivity index (χ4n) is 3.01. The predicted octanol–water partition coefficient (Wildman–Crippen LogP) is 4.08. The molecule has 2 aromatic heterocycles. The lowest BCUT2D eigenvalue weighted by atomic mass is 10.0. The lowest BCUT2D eigenvalue weighted by Crippen LogP contribution is -2.29. The fourth-order valence-corrected chi connectivity index (χ4v) is 3.01. The molecule has 0 spiro atoms. The molecule has 0 aliphatic rings.